The third kappa shape index (κ3) is 3.55. The minimum atomic E-state index is 0.453. The van der Waals surface area contributed by atoms with E-state index in [0.717, 1.165) is 40.8 Å². The minimum absolute atomic E-state index is 0.453. The molecule has 0 amide bonds. The van der Waals surface area contributed by atoms with Gasteiger partial charge in [-0.2, -0.15) is 0 Å². The molecule has 1 fully saturated rings. The lowest BCUT2D eigenvalue weighted by atomic mass is 9.90. The van der Waals surface area contributed by atoms with Crippen LogP contribution in [0.2, 0.25) is 5.15 Å². The van der Waals surface area contributed by atoms with Crippen LogP contribution in [0.15, 0.2) is 36.7 Å². The Kier molecular flexibility index (Phi) is 4.83. The van der Waals surface area contributed by atoms with Crippen molar-refractivity contribution in [3.05, 3.63) is 41.8 Å². The summed E-state index contributed by atoms with van der Waals surface area (Å²) in [5.74, 6) is 0.846. The predicted molar refractivity (Wildman–Crippen MR) is 108 cm³/mol. The molecule has 0 aromatic carbocycles. The van der Waals surface area contributed by atoms with Crippen LogP contribution in [0.5, 0.6) is 0 Å². The van der Waals surface area contributed by atoms with Gasteiger partial charge in [-0.25, -0.2) is 9.97 Å². The van der Waals surface area contributed by atoms with Crippen molar-refractivity contribution in [2.75, 3.05) is 19.4 Å². The quantitative estimate of drug-likeness (QED) is 0.662. The maximum absolute atomic E-state index is 6.32. The summed E-state index contributed by atoms with van der Waals surface area (Å²) in [5, 5.41) is 5.19. The number of anilines is 1. The van der Waals surface area contributed by atoms with Crippen molar-refractivity contribution in [1.29, 1.82) is 0 Å². The zero-order chi connectivity index (χ0) is 18.1. The lowest BCUT2D eigenvalue weighted by molar-refractivity contribution is 0.221. The van der Waals surface area contributed by atoms with E-state index in [0.29, 0.717) is 17.2 Å². The van der Waals surface area contributed by atoms with E-state index in [9.17, 15) is 0 Å². The number of aromatic amines is 1. The zero-order valence-corrected chi connectivity index (χ0v) is 15.9. The summed E-state index contributed by atoms with van der Waals surface area (Å²) in [5.41, 5.74) is 3.03. The number of halogens is 1. The van der Waals surface area contributed by atoms with Gasteiger partial charge in [-0.05, 0) is 69.6 Å². The average Bonchev–Trinajstić information content (AvgIpc) is 3.06. The second-order valence-electron chi connectivity index (χ2n) is 7.28. The summed E-state index contributed by atoms with van der Waals surface area (Å²) >= 11 is 6.32. The molecule has 1 saturated carbocycles. The maximum Gasteiger partial charge on any atom is 0.137 e. The highest BCUT2D eigenvalue weighted by Crippen LogP contribution is 2.31. The fourth-order valence-electron chi connectivity index (χ4n) is 3.87. The first-order valence-corrected chi connectivity index (χ1v) is 9.51. The first-order valence-electron chi connectivity index (χ1n) is 9.13. The number of nitrogens with zero attached hydrogens (tertiary/aromatic N) is 3. The Bertz CT molecular complexity index is 896. The molecular weight excluding hydrogens is 346 g/mol. The highest BCUT2D eigenvalue weighted by Gasteiger charge is 2.22. The van der Waals surface area contributed by atoms with Crippen LogP contribution in [0.3, 0.4) is 0 Å². The van der Waals surface area contributed by atoms with E-state index in [1.165, 1.54) is 12.8 Å². The SMILES string of the molecule is CN(C)[C@H]1CC[C@H](Nc2cc(-c3c[nH]c4ncccc34)cc(Cl)n2)CC1. The topological polar surface area (TPSA) is 56.8 Å². The van der Waals surface area contributed by atoms with Gasteiger partial charge in [-0.3, -0.25) is 0 Å². The Labute approximate surface area is 158 Å². The Hall–Kier alpha value is -2.11. The molecular formula is C20H24ClN5. The van der Waals surface area contributed by atoms with Crippen LogP contribution in [-0.2, 0) is 0 Å². The summed E-state index contributed by atoms with van der Waals surface area (Å²) in [6, 6.07) is 9.15. The number of pyridine rings is 2. The van der Waals surface area contributed by atoms with Gasteiger partial charge < -0.3 is 15.2 Å². The first kappa shape index (κ1) is 17.3. The number of fused-ring (bicyclic) bond motifs is 1. The van der Waals surface area contributed by atoms with Crippen LogP contribution < -0.4 is 5.32 Å². The first-order chi connectivity index (χ1) is 12.6. The smallest absolute Gasteiger partial charge is 0.137 e. The Morgan fingerprint density at radius 3 is 2.77 bits per heavy atom. The average molecular weight is 370 g/mol. The molecule has 26 heavy (non-hydrogen) atoms. The number of aromatic nitrogens is 3. The molecule has 0 aliphatic heterocycles. The molecule has 0 bridgehead atoms. The molecule has 0 radical (unpaired) electrons. The van der Waals surface area contributed by atoms with Crippen molar-refractivity contribution in [2.24, 2.45) is 0 Å². The second-order valence-corrected chi connectivity index (χ2v) is 7.67. The third-order valence-electron chi connectivity index (χ3n) is 5.34. The van der Waals surface area contributed by atoms with Gasteiger partial charge in [-0.15, -0.1) is 0 Å². The van der Waals surface area contributed by atoms with E-state index in [-0.39, 0.29) is 0 Å². The van der Waals surface area contributed by atoms with Crippen molar-refractivity contribution in [1.82, 2.24) is 19.9 Å². The normalized spacial score (nSPS) is 20.6. The van der Waals surface area contributed by atoms with Crippen molar-refractivity contribution in [3.8, 4) is 11.1 Å². The van der Waals surface area contributed by atoms with Crippen molar-refractivity contribution < 1.29 is 0 Å². The highest BCUT2D eigenvalue weighted by atomic mass is 35.5. The van der Waals surface area contributed by atoms with E-state index < -0.39 is 0 Å². The molecule has 3 heterocycles. The molecule has 0 spiro atoms. The van der Waals surface area contributed by atoms with Gasteiger partial charge in [-0.1, -0.05) is 11.6 Å². The van der Waals surface area contributed by atoms with Crippen LogP contribution in [0.1, 0.15) is 25.7 Å². The van der Waals surface area contributed by atoms with E-state index in [4.69, 9.17) is 11.6 Å². The Morgan fingerprint density at radius 1 is 1.19 bits per heavy atom. The Morgan fingerprint density at radius 2 is 2.00 bits per heavy atom. The van der Waals surface area contributed by atoms with E-state index >= 15 is 0 Å². The fourth-order valence-corrected chi connectivity index (χ4v) is 4.08. The standard InChI is InChI=1S/C20H24ClN5/c1-26(2)15-7-5-14(6-8-15)24-19-11-13(10-18(21)25-19)17-12-23-20-16(17)4-3-9-22-20/h3-4,9-12,14-15H,5-8H2,1-2H3,(H,22,23)(H,24,25)/t14-,15-. The lowest BCUT2D eigenvalue weighted by Crippen LogP contribution is -2.36. The van der Waals surface area contributed by atoms with Gasteiger partial charge in [0.15, 0.2) is 0 Å². The molecule has 6 heteroatoms. The zero-order valence-electron chi connectivity index (χ0n) is 15.2. The summed E-state index contributed by atoms with van der Waals surface area (Å²) < 4.78 is 0. The summed E-state index contributed by atoms with van der Waals surface area (Å²) in [4.78, 5) is 14.4. The fraction of sp³-hybridized carbons (Fsp3) is 0.400. The van der Waals surface area contributed by atoms with Crippen molar-refractivity contribution >= 4 is 28.5 Å². The molecule has 3 aromatic rings. The summed E-state index contributed by atoms with van der Waals surface area (Å²) in [6.45, 7) is 0. The molecule has 1 aliphatic carbocycles. The molecule has 0 atom stereocenters. The molecule has 5 nitrogen and oxygen atoms in total. The van der Waals surface area contributed by atoms with Gasteiger partial charge in [0.1, 0.15) is 16.6 Å². The largest absolute Gasteiger partial charge is 0.367 e. The van der Waals surface area contributed by atoms with Gasteiger partial charge in [0.05, 0.1) is 0 Å². The molecule has 3 aromatic heterocycles. The lowest BCUT2D eigenvalue weighted by Gasteiger charge is -2.33. The van der Waals surface area contributed by atoms with Gasteiger partial charge in [0.2, 0.25) is 0 Å². The summed E-state index contributed by atoms with van der Waals surface area (Å²) in [7, 11) is 4.33. The molecule has 0 saturated heterocycles. The Balaban J connectivity index is 1.56. The highest BCUT2D eigenvalue weighted by molar-refractivity contribution is 6.29. The molecule has 0 unspecified atom stereocenters. The third-order valence-corrected chi connectivity index (χ3v) is 5.53. The molecule has 1 aliphatic rings. The second kappa shape index (κ2) is 7.25. The van der Waals surface area contributed by atoms with Crippen molar-refractivity contribution in [2.45, 2.75) is 37.8 Å². The van der Waals surface area contributed by atoms with Crippen LogP contribution >= 0.6 is 11.6 Å². The number of hydrogen-bond acceptors (Lipinski definition) is 4. The number of H-pyrrole nitrogens is 1. The van der Waals surface area contributed by atoms with E-state index in [2.05, 4.69) is 51.4 Å². The number of hydrogen-bond donors (Lipinski definition) is 2. The van der Waals surface area contributed by atoms with Crippen LogP contribution in [0.25, 0.3) is 22.2 Å². The van der Waals surface area contributed by atoms with Gasteiger partial charge >= 0.3 is 0 Å². The van der Waals surface area contributed by atoms with Gasteiger partial charge in [0.25, 0.3) is 0 Å². The van der Waals surface area contributed by atoms with Crippen LogP contribution in [-0.4, -0.2) is 46.0 Å². The van der Waals surface area contributed by atoms with Gasteiger partial charge in [0, 0.05) is 35.4 Å². The van der Waals surface area contributed by atoms with Crippen molar-refractivity contribution in [3.63, 3.8) is 0 Å². The van der Waals surface area contributed by atoms with E-state index in [1.807, 2.05) is 18.3 Å². The van der Waals surface area contributed by atoms with Crippen LogP contribution in [0, 0.1) is 0 Å². The minimum Gasteiger partial charge on any atom is -0.367 e. The predicted octanol–water partition coefficient (Wildman–Crippen LogP) is 4.56. The molecule has 2 N–H and O–H groups in total. The molecule has 4 rings (SSSR count). The summed E-state index contributed by atoms with van der Waals surface area (Å²) in [6.07, 6.45) is 8.51. The maximum atomic E-state index is 6.32. The number of nitrogens with one attached hydrogen (secondary N) is 2. The van der Waals surface area contributed by atoms with Crippen LogP contribution in [0.4, 0.5) is 5.82 Å². The van der Waals surface area contributed by atoms with E-state index in [1.54, 1.807) is 6.20 Å². The number of rotatable bonds is 4. The molecule has 136 valence electrons. The monoisotopic (exact) mass is 369 g/mol.